The smallest absolute Gasteiger partial charge is 0.129 e. The largest absolute Gasteiger partial charge is 0.373 e. The van der Waals surface area contributed by atoms with Crippen LogP contribution in [0.15, 0.2) is 6.07 Å². The van der Waals surface area contributed by atoms with Crippen molar-refractivity contribution in [3.8, 4) is 0 Å². The minimum absolute atomic E-state index is 0.776. The van der Waals surface area contributed by atoms with Gasteiger partial charge in [0.25, 0.3) is 0 Å². The van der Waals surface area contributed by atoms with Gasteiger partial charge in [0.05, 0.1) is 5.69 Å². The molecule has 12 heavy (non-hydrogen) atoms. The van der Waals surface area contributed by atoms with Crippen LogP contribution in [0.5, 0.6) is 0 Å². The summed E-state index contributed by atoms with van der Waals surface area (Å²) < 4.78 is 0. The van der Waals surface area contributed by atoms with Crippen LogP contribution in [0, 0.1) is 6.92 Å². The van der Waals surface area contributed by atoms with E-state index in [4.69, 9.17) is 0 Å². The zero-order chi connectivity index (χ0) is 8.97. The summed E-state index contributed by atoms with van der Waals surface area (Å²) in [5.74, 6) is 1.67. The molecule has 0 aromatic carbocycles. The van der Waals surface area contributed by atoms with Gasteiger partial charge in [0.15, 0.2) is 0 Å². The van der Waals surface area contributed by atoms with Crippen LogP contribution in [-0.2, 0) is 6.54 Å². The van der Waals surface area contributed by atoms with E-state index >= 15 is 0 Å². The second kappa shape index (κ2) is 4.01. The van der Waals surface area contributed by atoms with Crippen LogP contribution in [0.25, 0.3) is 0 Å². The second-order valence-corrected chi connectivity index (χ2v) is 2.57. The van der Waals surface area contributed by atoms with E-state index in [1.807, 2.05) is 27.1 Å². The topological polar surface area (TPSA) is 49.8 Å². The summed E-state index contributed by atoms with van der Waals surface area (Å²) in [5.41, 5.74) is 1.01. The Labute approximate surface area is 72.4 Å². The molecule has 0 aliphatic rings. The van der Waals surface area contributed by atoms with E-state index in [0.717, 1.165) is 23.9 Å². The summed E-state index contributed by atoms with van der Waals surface area (Å²) >= 11 is 0. The van der Waals surface area contributed by atoms with Gasteiger partial charge in [-0.05, 0) is 14.0 Å². The molecule has 0 saturated carbocycles. The summed E-state index contributed by atoms with van der Waals surface area (Å²) in [7, 11) is 3.75. The van der Waals surface area contributed by atoms with Crippen molar-refractivity contribution in [2.24, 2.45) is 0 Å². The molecule has 0 aliphatic heterocycles. The first-order valence-electron chi connectivity index (χ1n) is 3.93. The fraction of sp³-hybridized carbons (Fsp3) is 0.500. The molecule has 4 heteroatoms. The molecule has 2 N–H and O–H groups in total. The standard InChI is InChI=1S/C8H14N4/c1-6-11-7(5-9-2)4-8(10-3)12-6/h4,9H,5H2,1-3H3,(H,10,11,12). The highest BCUT2D eigenvalue weighted by atomic mass is 15.0. The van der Waals surface area contributed by atoms with Crippen LogP contribution in [0.1, 0.15) is 11.5 Å². The molecule has 0 bridgehead atoms. The molecular formula is C8H14N4. The zero-order valence-corrected chi connectivity index (χ0v) is 7.68. The summed E-state index contributed by atoms with van der Waals surface area (Å²) in [6.45, 7) is 2.66. The van der Waals surface area contributed by atoms with E-state index in [-0.39, 0.29) is 0 Å². The number of aromatic nitrogens is 2. The molecule has 1 aromatic rings. The number of rotatable bonds is 3. The molecule has 0 spiro atoms. The summed E-state index contributed by atoms with van der Waals surface area (Å²) in [6, 6.07) is 1.93. The predicted molar refractivity (Wildman–Crippen MR) is 49.1 cm³/mol. The maximum absolute atomic E-state index is 4.26. The lowest BCUT2D eigenvalue weighted by molar-refractivity contribution is 0.779. The van der Waals surface area contributed by atoms with Gasteiger partial charge in [-0.1, -0.05) is 0 Å². The van der Waals surface area contributed by atoms with Crippen LogP contribution < -0.4 is 10.6 Å². The first-order valence-corrected chi connectivity index (χ1v) is 3.93. The Kier molecular flexibility index (Phi) is 2.99. The average Bonchev–Trinajstić information content (AvgIpc) is 2.04. The van der Waals surface area contributed by atoms with Gasteiger partial charge in [0.1, 0.15) is 11.6 Å². The van der Waals surface area contributed by atoms with E-state index in [1.54, 1.807) is 0 Å². The summed E-state index contributed by atoms with van der Waals surface area (Å²) in [4.78, 5) is 8.44. The molecule has 0 fully saturated rings. The van der Waals surface area contributed by atoms with Crippen molar-refractivity contribution in [2.45, 2.75) is 13.5 Å². The average molecular weight is 166 g/mol. The van der Waals surface area contributed by atoms with Crippen molar-refractivity contribution in [3.63, 3.8) is 0 Å². The fourth-order valence-corrected chi connectivity index (χ4v) is 1.03. The maximum atomic E-state index is 4.26. The Morgan fingerprint density at radius 2 is 2.08 bits per heavy atom. The molecule has 66 valence electrons. The van der Waals surface area contributed by atoms with Crippen LogP contribution in [0.2, 0.25) is 0 Å². The normalized spacial score (nSPS) is 9.92. The molecule has 0 amide bonds. The Balaban J connectivity index is 2.90. The molecule has 0 radical (unpaired) electrons. The quantitative estimate of drug-likeness (QED) is 0.688. The summed E-state index contributed by atoms with van der Waals surface area (Å²) in [5, 5.41) is 6.03. The lowest BCUT2D eigenvalue weighted by Gasteiger charge is -2.04. The number of aryl methyl sites for hydroxylation is 1. The molecule has 1 heterocycles. The van der Waals surface area contributed by atoms with Gasteiger partial charge in [-0.25, -0.2) is 9.97 Å². The molecule has 1 rings (SSSR count). The van der Waals surface area contributed by atoms with Gasteiger partial charge in [0, 0.05) is 19.7 Å². The Hall–Kier alpha value is -1.16. The molecule has 0 unspecified atom stereocenters. The van der Waals surface area contributed by atoms with Gasteiger partial charge in [-0.2, -0.15) is 0 Å². The monoisotopic (exact) mass is 166 g/mol. The van der Waals surface area contributed by atoms with Crippen molar-refractivity contribution < 1.29 is 0 Å². The molecular weight excluding hydrogens is 152 g/mol. The van der Waals surface area contributed by atoms with Crippen molar-refractivity contribution in [1.29, 1.82) is 0 Å². The minimum Gasteiger partial charge on any atom is -0.373 e. The highest BCUT2D eigenvalue weighted by molar-refractivity contribution is 5.34. The predicted octanol–water partition coefficient (Wildman–Crippen LogP) is 0.546. The van der Waals surface area contributed by atoms with Crippen molar-refractivity contribution in [2.75, 3.05) is 19.4 Å². The van der Waals surface area contributed by atoms with Crippen LogP contribution in [0.3, 0.4) is 0 Å². The van der Waals surface area contributed by atoms with Gasteiger partial charge in [-0.15, -0.1) is 0 Å². The Morgan fingerprint density at radius 1 is 1.33 bits per heavy atom. The lowest BCUT2D eigenvalue weighted by Crippen LogP contribution is -2.09. The highest BCUT2D eigenvalue weighted by Gasteiger charge is 1.98. The van der Waals surface area contributed by atoms with Gasteiger partial charge < -0.3 is 10.6 Å². The van der Waals surface area contributed by atoms with Crippen LogP contribution in [-0.4, -0.2) is 24.1 Å². The third kappa shape index (κ3) is 2.17. The molecule has 0 saturated heterocycles. The van der Waals surface area contributed by atoms with Gasteiger partial charge >= 0.3 is 0 Å². The minimum atomic E-state index is 0.776. The molecule has 0 atom stereocenters. The third-order valence-corrected chi connectivity index (χ3v) is 1.51. The van der Waals surface area contributed by atoms with Crippen LogP contribution >= 0.6 is 0 Å². The number of nitrogens with one attached hydrogen (secondary N) is 2. The molecule has 4 nitrogen and oxygen atoms in total. The third-order valence-electron chi connectivity index (χ3n) is 1.51. The van der Waals surface area contributed by atoms with Gasteiger partial charge in [0.2, 0.25) is 0 Å². The first kappa shape index (κ1) is 8.93. The maximum Gasteiger partial charge on any atom is 0.129 e. The first-order chi connectivity index (χ1) is 5.76. The molecule has 1 aromatic heterocycles. The van der Waals surface area contributed by atoms with Crippen molar-refractivity contribution >= 4 is 5.82 Å². The zero-order valence-electron chi connectivity index (χ0n) is 7.68. The number of hydrogen-bond donors (Lipinski definition) is 2. The molecule has 0 aliphatic carbocycles. The van der Waals surface area contributed by atoms with E-state index in [2.05, 4.69) is 20.6 Å². The van der Waals surface area contributed by atoms with Crippen molar-refractivity contribution in [3.05, 3.63) is 17.6 Å². The van der Waals surface area contributed by atoms with E-state index in [0.29, 0.717) is 0 Å². The van der Waals surface area contributed by atoms with E-state index < -0.39 is 0 Å². The Morgan fingerprint density at radius 3 is 2.67 bits per heavy atom. The number of anilines is 1. The fourth-order valence-electron chi connectivity index (χ4n) is 1.03. The van der Waals surface area contributed by atoms with Gasteiger partial charge in [-0.3, -0.25) is 0 Å². The van der Waals surface area contributed by atoms with Crippen molar-refractivity contribution in [1.82, 2.24) is 15.3 Å². The SMILES string of the molecule is CNCc1cc(NC)nc(C)n1. The summed E-state index contributed by atoms with van der Waals surface area (Å²) in [6.07, 6.45) is 0. The van der Waals surface area contributed by atoms with Crippen LogP contribution in [0.4, 0.5) is 5.82 Å². The number of hydrogen-bond acceptors (Lipinski definition) is 4. The highest BCUT2D eigenvalue weighted by Crippen LogP contribution is 2.04. The van der Waals surface area contributed by atoms with E-state index in [1.165, 1.54) is 0 Å². The Bertz CT molecular complexity index is 259. The van der Waals surface area contributed by atoms with E-state index in [9.17, 15) is 0 Å². The second-order valence-electron chi connectivity index (χ2n) is 2.57. The lowest BCUT2D eigenvalue weighted by atomic mass is 10.3. The number of nitrogens with zero attached hydrogens (tertiary/aromatic N) is 2.